The number of rotatable bonds is 5. The molecule has 2 fully saturated rings. The molecule has 1 N–H and O–H groups in total. The lowest BCUT2D eigenvalue weighted by Crippen LogP contribution is -2.47. The van der Waals surface area contributed by atoms with Gasteiger partial charge in [0.15, 0.2) is 5.82 Å². The Morgan fingerprint density at radius 3 is 2.56 bits per heavy atom. The quantitative estimate of drug-likeness (QED) is 0.604. The van der Waals surface area contributed by atoms with Crippen LogP contribution in [0.15, 0.2) is 36.5 Å². The van der Waals surface area contributed by atoms with Crippen LogP contribution in [0.2, 0.25) is 0 Å². The number of H-pyrrole nitrogens is 1. The maximum absolute atomic E-state index is 12.6. The zero-order chi connectivity index (χ0) is 23.7. The first-order valence-corrected chi connectivity index (χ1v) is 11.7. The Hall–Kier alpha value is -2.85. The number of ether oxygens (including phenoxy) is 1. The Labute approximate surface area is 196 Å². The summed E-state index contributed by atoms with van der Waals surface area (Å²) in [4.78, 5) is 19.8. The van der Waals surface area contributed by atoms with Gasteiger partial charge in [0.1, 0.15) is 17.1 Å². The monoisotopic (exact) mass is 474 g/mol. The van der Waals surface area contributed by atoms with Crippen molar-refractivity contribution in [2.75, 3.05) is 57.8 Å². The van der Waals surface area contributed by atoms with Crippen LogP contribution in [0.5, 0.6) is 5.75 Å². The maximum Gasteiger partial charge on any atom is 0.573 e. The van der Waals surface area contributed by atoms with Crippen molar-refractivity contribution in [3.05, 3.63) is 36.5 Å². The van der Waals surface area contributed by atoms with Crippen molar-refractivity contribution in [3.63, 3.8) is 0 Å². The number of hydrogen-bond acceptors (Lipinski definition) is 6. The second-order valence-corrected chi connectivity index (χ2v) is 9.23. The smallest absolute Gasteiger partial charge is 0.406 e. The van der Waals surface area contributed by atoms with Gasteiger partial charge in [-0.2, -0.15) is 0 Å². The standard InChI is InChI=1S/C24H29F3N6O/c1-31-11-13-32(14-12-31)16-17-6-9-33(10-7-17)23-21-20(5-8-28-23)29-22(30-21)18-3-2-4-19(15-18)34-24(25,26)27/h2-5,8,15,17H,6-7,9-14,16H2,1H3,(H,29,30). The number of halogens is 3. The number of piperidine rings is 1. The number of aromatic amines is 1. The van der Waals surface area contributed by atoms with Gasteiger partial charge in [-0.15, -0.1) is 13.2 Å². The largest absolute Gasteiger partial charge is 0.573 e. The molecule has 34 heavy (non-hydrogen) atoms. The van der Waals surface area contributed by atoms with E-state index in [-0.39, 0.29) is 5.75 Å². The van der Waals surface area contributed by atoms with Crippen LogP contribution in [0.4, 0.5) is 19.0 Å². The van der Waals surface area contributed by atoms with Gasteiger partial charge in [-0.3, -0.25) is 0 Å². The molecule has 0 amide bonds. The van der Waals surface area contributed by atoms with Gasteiger partial charge in [-0.25, -0.2) is 9.97 Å². The van der Waals surface area contributed by atoms with E-state index >= 15 is 0 Å². The van der Waals surface area contributed by atoms with Crippen molar-refractivity contribution >= 4 is 16.9 Å². The number of likely N-dealkylation sites (N-methyl/N-ethyl adjacent to an activating group) is 1. The molecule has 2 saturated heterocycles. The van der Waals surface area contributed by atoms with Gasteiger partial charge in [-0.05, 0) is 44.0 Å². The van der Waals surface area contributed by atoms with E-state index in [2.05, 4.69) is 36.5 Å². The predicted molar refractivity (Wildman–Crippen MR) is 125 cm³/mol. The van der Waals surface area contributed by atoms with Crippen LogP contribution in [0.3, 0.4) is 0 Å². The minimum absolute atomic E-state index is 0.272. The van der Waals surface area contributed by atoms with E-state index in [4.69, 9.17) is 4.98 Å². The fourth-order valence-electron chi connectivity index (χ4n) is 4.85. The van der Waals surface area contributed by atoms with E-state index in [9.17, 15) is 13.2 Å². The van der Waals surface area contributed by atoms with E-state index in [1.54, 1.807) is 12.3 Å². The third-order valence-electron chi connectivity index (χ3n) is 6.75. The first-order valence-electron chi connectivity index (χ1n) is 11.7. The molecule has 0 unspecified atom stereocenters. The van der Waals surface area contributed by atoms with E-state index in [0.29, 0.717) is 17.3 Å². The first kappa shape index (κ1) is 22.9. The average Bonchev–Trinajstić information content (AvgIpc) is 3.25. The second kappa shape index (κ2) is 9.42. The molecule has 0 spiro atoms. The topological polar surface area (TPSA) is 60.5 Å². The van der Waals surface area contributed by atoms with E-state index in [0.717, 1.165) is 75.5 Å². The molecule has 4 heterocycles. The number of anilines is 1. The SMILES string of the molecule is CN1CCN(CC2CCN(c3nccc4[nH]c(-c5cccc(OC(F)(F)F)c5)nc34)CC2)CC1. The fourth-order valence-corrected chi connectivity index (χ4v) is 4.85. The van der Waals surface area contributed by atoms with E-state index in [1.807, 2.05) is 6.07 Å². The van der Waals surface area contributed by atoms with Crippen LogP contribution in [0.1, 0.15) is 12.8 Å². The lowest BCUT2D eigenvalue weighted by atomic mass is 9.96. The number of nitrogens with zero attached hydrogens (tertiary/aromatic N) is 5. The van der Waals surface area contributed by atoms with Crippen LogP contribution in [0.25, 0.3) is 22.4 Å². The number of aromatic nitrogens is 3. The lowest BCUT2D eigenvalue weighted by molar-refractivity contribution is -0.274. The summed E-state index contributed by atoms with van der Waals surface area (Å²) >= 11 is 0. The van der Waals surface area contributed by atoms with Crippen LogP contribution in [-0.4, -0.2) is 84.0 Å². The summed E-state index contributed by atoms with van der Waals surface area (Å²) in [5.41, 5.74) is 2.06. The summed E-state index contributed by atoms with van der Waals surface area (Å²) in [5, 5.41) is 0. The van der Waals surface area contributed by atoms with Crippen LogP contribution < -0.4 is 9.64 Å². The fraction of sp³-hybridized carbons (Fsp3) is 0.500. The molecule has 3 aromatic rings. The molecule has 0 saturated carbocycles. The highest BCUT2D eigenvalue weighted by Gasteiger charge is 2.31. The molecular formula is C24H29F3N6O. The number of hydrogen-bond donors (Lipinski definition) is 1. The normalized spacial score (nSPS) is 19.1. The van der Waals surface area contributed by atoms with Crippen LogP contribution in [-0.2, 0) is 0 Å². The molecule has 5 rings (SSSR count). The summed E-state index contributed by atoms with van der Waals surface area (Å²) in [6.07, 6.45) is -0.768. The van der Waals surface area contributed by atoms with Gasteiger partial charge < -0.3 is 24.4 Å². The van der Waals surface area contributed by atoms with Crippen molar-refractivity contribution < 1.29 is 17.9 Å². The zero-order valence-corrected chi connectivity index (χ0v) is 19.2. The van der Waals surface area contributed by atoms with Gasteiger partial charge >= 0.3 is 6.36 Å². The molecule has 10 heteroatoms. The lowest BCUT2D eigenvalue weighted by Gasteiger charge is -2.38. The molecular weight excluding hydrogens is 445 g/mol. The Bertz CT molecular complexity index is 1120. The van der Waals surface area contributed by atoms with Crippen LogP contribution >= 0.6 is 0 Å². The molecule has 2 aromatic heterocycles. The maximum atomic E-state index is 12.6. The number of imidazole rings is 1. The molecule has 0 aliphatic carbocycles. The Balaban J connectivity index is 1.29. The van der Waals surface area contributed by atoms with Crippen molar-refractivity contribution in [2.45, 2.75) is 19.2 Å². The number of piperazine rings is 1. The Morgan fingerprint density at radius 1 is 1.06 bits per heavy atom. The molecule has 7 nitrogen and oxygen atoms in total. The molecule has 2 aliphatic heterocycles. The Kier molecular flexibility index (Phi) is 6.35. The molecule has 0 atom stereocenters. The summed E-state index contributed by atoms with van der Waals surface area (Å²) in [7, 11) is 2.18. The van der Waals surface area contributed by atoms with Gasteiger partial charge in [0.2, 0.25) is 0 Å². The van der Waals surface area contributed by atoms with Gasteiger partial charge in [0.25, 0.3) is 0 Å². The van der Waals surface area contributed by atoms with Gasteiger partial charge in [0, 0.05) is 57.6 Å². The molecule has 0 radical (unpaired) electrons. The molecule has 182 valence electrons. The predicted octanol–water partition coefficient (Wildman–Crippen LogP) is 3.99. The third kappa shape index (κ3) is 5.28. The van der Waals surface area contributed by atoms with Crippen LogP contribution in [0, 0.1) is 5.92 Å². The van der Waals surface area contributed by atoms with Crippen molar-refractivity contribution in [3.8, 4) is 17.1 Å². The first-order chi connectivity index (χ1) is 16.3. The number of benzene rings is 1. The number of alkyl halides is 3. The number of fused-ring (bicyclic) bond motifs is 1. The van der Waals surface area contributed by atoms with E-state index in [1.165, 1.54) is 18.2 Å². The zero-order valence-electron chi connectivity index (χ0n) is 19.2. The highest BCUT2D eigenvalue weighted by atomic mass is 19.4. The summed E-state index contributed by atoms with van der Waals surface area (Å²) in [5.74, 6) is 1.72. The summed E-state index contributed by atoms with van der Waals surface area (Å²) in [6, 6.07) is 7.68. The van der Waals surface area contributed by atoms with Crippen molar-refractivity contribution in [1.82, 2.24) is 24.8 Å². The average molecular weight is 475 g/mol. The number of nitrogens with one attached hydrogen (secondary N) is 1. The van der Waals surface area contributed by atoms with Gasteiger partial charge in [0.05, 0.1) is 5.52 Å². The summed E-state index contributed by atoms with van der Waals surface area (Å²) in [6.45, 7) is 7.55. The van der Waals surface area contributed by atoms with Crippen molar-refractivity contribution in [1.29, 1.82) is 0 Å². The summed E-state index contributed by atoms with van der Waals surface area (Å²) < 4.78 is 41.9. The van der Waals surface area contributed by atoms with Crippen molar-refractivity contribution in [2.24, 2.45) is 5.92 Å². The minimum Gasteiger partial charge on any atom is -0.406 e. The highest BCUT2D eigenvalue weighted by Crippen LogP contribution is 2.31. The number of pyridine rings is 1. The second-order valence-electron chi connectivity index (χ2n) is 9.23. The van der Waals surface area contributed by atoms with Gasteiger partial charge in [-0.1, -0.05) is 12.1 Å². The minimum atomic E-state index is -4.74. The molecule has 1 aromatic carbocycles. The molecule has 2 aliphatic rings. The van der Waals surface area contributed by atoms with E-state index < -0.39 is 6.36 Å². The molecule has 0 bridgehead atoms. The highest BCUT2D eigenvalue weighted by molar-refractivity contribution is 5.88. The third-order valence-corrected chi connectivity index (χ3v) is 6.75. The Morgan fingerprint density at radius 2 is 1.82 bits per heavy atom.